The number of hydrogen-bond acceptors (Lipinski definition) is 1. The SMILES string of the molecule is CC(C)C(C)N(C)C(=O)N(C)C. The van der Waals surface area contributed by atoms with Crippen molar-refractivity contribution in [2.45, 2.75) is 26.8 Å². The number of nitrogens with zero attached hydrogens (tertiary/aromatic N) is 2. The molecule has 72 valence electrons. The first-order valence-corrected chi connectivity index (χ1v) is 4.32. The highest BCUT2D eigenvalue weighted by atomic mass is 16.2. The monoisotopic (exact) mass is 172 g/mol. The molecule has 0 aromatic heterocycles. The van der Waals surface area contributed by atoms with Gasteiger partial charge in [-0.3, -0.25) is 0 Å². The van der Waals surface area contributed by atoms with Crippen molar-refractivity contribution in [3.05, 3.63) is 0 Å². The van der Waals surface area contributed by atoms with Gasteiger partial charge in [0.05, 0.1) is 0 Å². The van der Waals surface area contributed by atoms with Crippen molar-refractivity contribution in [1.29, 1.82) is 0 Å². The Bertz CT molecular complexity index is 155. The molecule has 0 fully saturated rings. The zero-order valence-corrected chi connectivity index (χ0v) is 8.96. The molecule has 1 atom stereocenters. The fraction of sp³-hybridized carbons (Fsp3) is 0.889. The van der Waals surface area contributed by atoms with Gasteiger partial charge in [0.25, 0.3) is 0 Å². The maximum atomic E-state index is 11.4. The molecule has 2 amide bonds. The topological polar surface area (TPSA) is 23.6 Å². The van der Waals surface area contributed by atoms with E-state index in [1.165, 1.54) is 0 Å². The van der Waals surface area contributed by atoms with Crippen LogP contribution in [0.3, 0.4) is 0 Å². The second-order valence-electron chi connectivity index (χ2n) is 3.77. The van der Waals surface area contributed by atoms with E-state index in [1.54, 1.807) is 23.9 Å². The van der Waals surface area contributed by atoms with E-state index in [1.807, 2.05) is 7.05 Å². The fourth-order valence-corrected chi connectivity index (χ4v) is 0.937. The summed E-state index contributed by atoms with van der Waals surface area (Å²) in [4.78, 5) is 14.8. The smallest absolute Gasteiger partial charge is 0.319 e. The lowest BCUT2D eigenvalue weighted by atomic mass is 10.1. The number of hydrogen-bond donors (Lipinski definition) is 0. The van der Waals surface area contributed by atoms with E-state index in [9.17, 15) is 4.79 Å². The van der Waals surface area contributed by atoms with Crippen LogP contribution in [0, 0.1) is 5.92 Å². The van der Waals surface area contributed by atoms with E-state index in [-0.39, 0.29) is 6.03 Å². The summed E-state index contributed by atoms with van der Waals surface area (Å²) in [6, 6.07) is 0.358. The molecule has 0 aliphatic rings. The minimum atomic E-state index is 0.0659. The van der Waals surface area contributed by atoms with Crippen molar-refractivity contribution in [3.63, 3.8) is 0 Å². The highest BCUT2D eigenvalue weighted by Crippen LogP contribution is 2.08. The highest BCUT2D eigenvalue weighted by Gasteiger charge is 2.19. The van der Waals surface area contributed by atoms with Crippen molar-refractivity contribution in [2.24, 2.45) is 5.92 Å². The third-order valence-electron chi connectivity index (χ3n) is 2.26. The van der Waals surface area contributed by atoms with Crippen molar-refractivity contribution in [1.82, 2.24) is 9.80 Å². The van der Waals surface area contributed by atoms with Gasteiger partial charge in [0.1, 0.15) is 0 Å². The van der Waals surface area contributed by atoms with E-state index < -0.39 is 0 Å². The predicted octanol–water partition coefficient (Wildman–Crippen LogP) is 1.64. The van der Waals surface area contributed by atoms with Crippen LogP contribution in [0.15, 0.2) is 0 Å². The van der Waals surface area contributed by atoms with Gasteiger partial charge in [-0.1, -0.05) is 13.8 Å². The number of carbonyl (C=O) groups is 1. The lowest BCUT2D eigenvalue weighted by Crippen LogP contribution is -2.43. The number of rotatable bonds is 2. The van der Waals surface area contributed by atoms with Gasteiger partial charge in [-0.25, -0.2) is 4.79 Å². The van der Waals surface area contributed by atoms with E-state index in [4.69, 9.17) is 0 Å². The van der Waals surface area contributed by atoms with Gasteiger partial charge in [-0.2, -0.15) is 0 Å². The minimum absolute atomic E-state index is 0.0659. The molecule has 0 spiro atoms. The molecule has 0 aliphatic carbocycles. The van der Waals surface area contributed by atoms with Crippen LogP contribution in [0.25, 0.3) is 0 Å². The summed E-state index contributed by atoms with van der Waals surface area (Å²) in [5.41, 5.74) is 0. The summed E-state index contributed by atoms with van der Waals surface area (Å²) < 4.78 is 0. The normalized spacial score (nSPS) is 12.9. The Morgan fingerprint density at radius 2 is 1.50 bits per heavy atom. The van der Waals surface area contributed by atoms with Crippen LogP contribution in [0.1, 0.15) is 20.8 Å². The van der Waals surface area contributed by atoms with Gasteiger partial charge in [0.2, 0.25) is 0 Å². The molecular formula is C9H20N2O. The lowest BCUT2D eigenvalue weighted by Gasteiger charge is -2.30. The van der Waals surface area contributed by atoms with Crippen LogP contribution in [0.4, 0.5) is 4.79 Å². The van der Waals surface area contributed by atoms with E-state index in [0.717, 1.165) is 0 Å². The van der Waals surface area contributed by atoms with Gasteiger partial charge < -0.3 is 9.80 Å². The summed E-state index contributed by atoms with van der Waals surface area (Å²) in [5.74, 6) is 0.499. The van der Waals surface area contributed by atoms with Gasteiger partial charge >= 0.3 is 6.03 Å². The lowest BCUT2D eigenvalue weighted by molar-refractivity contribution is 0.155. The Kier molecular flexibility index (Phi) is 4.07. The van der Waals surface area contributed by atoms with Crippen LogP contribution in [-0.4, -0.2) is 43.0 Å². The second-order valence-corrected chi connectivity index (χ2v) is 3.77. The molecule has 3 nitrogen and oxygen atoms in total. The maximum Gasteiger partial charge on any atom is 0.319 e. The standard InChI is InChI=1S/C9H20N2O/c1-7(2)8(3)11(6)9(12)10(4)5/h7-8H,1-6H3. The van der Waals surface area contributed by atoms with Gasteiger partial charge in [0.15, 0.2) is 0 Å². The molecule has 0 bridgehead atoms. The summed E-state index contributed by atoms with van der Waals surface area (Å²) in [6.07, 6.45) is 0. The Morgan fingerprint density at radius 3 is 1.75 bits per heavy atom. The van der Waals surface area contributed by atoms with Crippen molar-refractivity contribution >= 4 is 6.03 Å². The zero-order valence-electron chi connectivity index (χ0n) is 8.96. The molecule has 0 radical (unpaired) electrons. The van der Waals surface area contributed by atoms with E-state index in [0.29, 0.717) is 12.0 Å². The molecule has 0 N–H and O–H groups in total. The zero-order chi connectivity index (χ0) is 9.89. The Morgan fingerprint density at radius 1 is 1.08 bits per heavy atom. The van der Waals surface area contributed by atoms with Gasteiger partial charge in [-0.05, 0) is 12.8 Å². The van der Waals surface area contributed by atoms with Crippen LogP contribution in [-0.2, 0) is 0 Å². The third kappa shape index (κ3) is 2.72. The summed E-state index contributed by atoms with van der Waals surface area (Å²) in [6.45, 7) is 6.29. The van der Waals surface area contributed by atoms with E-state index >= 15 is 0 Å². The summed E-state index contributed by atoms with van der Waals surface area (Å²) in [5, 5.41) is 0. The molecule has 0 aromatic rings. The second kappa shape index (κ2) is 4.33. The molecule has 12 heavy (non-hydrogen) atoms. The molecule has 0 aliphatic heterocycles. The Hall–Kier alpha value is -0.730. The minimum Gasteiger partial charge on any atom is -0.331 e. The quantitative estimate of drug-likeness (QED) is 0.621. The highest BCUT2D eigenvalue weighted by molar-refractivity contribution is 5.73. The summed E-state index contributed by atoms with van der Waals surface area (Å²) >= 11 is 0. The maximum absolute atomic E-state index is 11.4. The van der Waals surface area contributed by atoms with Crippen LogP contribution >= 0.6 is 0 Å². The van der Waals surface area contributed by atoms with Crippen molar-refractivity contribution < 1.29 is 4.79 Å². The van der Waals surface area contributed by atoms with Crippen LogP contribution in [0.2, 0.25) is 0 Å². The summed E-state index contributed by atoms with van der Waals surface area (Å²) in [7, 11) is 5.38. The largest absolute Gasteiger partial charge is 0.331 e. The number of amides is 2. The van der Waals surface area contributed by atoms with Gasteiger partial charge in [0, 0.05) is 27.2 Å². The average molecular weight is 172 g/mol. The molecular weight excluding hydrogens is 152 g/mol. The first-order valence-electron chi connectivity index (χ1n) is 4.32. The fourth-order valence-electron chi connectivity index (χ4n) is 0.937. The Balaban J connectivity index is 4.19. The van der Waals surface area contributed by atoms with Crippen molar-refractivity contribution in [2.75, 3.05) is 21.1 Å². The molecule has 1 unspecified atom stereocenters. The molecule has 3 heteroatoms. The van der Waals surface area contributed by atoms with Gasteiger partial charge in [-0.15, -0.1) is 0 Å². The predicted molar refractivity (Wildman–Crippen MR) is 51.1 cm³/mol. The van der Waals surface area contributed by atoms with Crippen LogP contribution in [0.5, 0.6) is 0 Å². The molecule has 0 saturated carbocycles. The molecule has 0 heterocycles. The van der Waals surface area contributed by atoms with E-state index in [2.05, 4.69) is 20.8 Å². The first-order chi connectivity index (χ1) is 5.37. The molecule has 0 aromatic carbocycles. The average Bonchev–Trinajstić information content (AvgIpc) is 2.00. The first kappa shape index (κ1) is 11.3. The Labute approximate surface area is 75.3 Å². The number of urea groups is 1. The third-order valence-corrected chi connectivity index (χ3v) is 2.26. The van der Waals surface area contributed by atoms with Crippen LogP contribution < -0.4 is 0 Å². The number of carbonyl (C=O) groups excluding carboxylic acids is 1. The molecule has 0 saturated heterocycles. The molecule has 0 rings (SSSR count). The van der Waals surface area contributed by atoms with Crippen molar-refractivity contribution in [3.8, 4) is 0 Å².